The van der Waals surface area contributed by atoms with Gasteiger partial charge in [-0.1, -0.05) is 71.4 Å². The van der Waals surface area contributed by atoms with Gasteiger partial charge in [-0.2, -0.15) is 0 Å². The van der Waals surface area contributed by atoms with E-state index in [4.69, 9.17) is 23.2 Å². The van der Waals surface area contributed by atoms with Crippen LogP contribution in [0, 0.1) is 13.8 Å². The number of amides is 1. The van der Waals surface area contributed by atoms with Gasteiger partial charge in [0.1, 0.15) is 0 Å². The summed E-state index contributed by atoms with van der Waals surface area (Å²) < 4.78 is 1.99. The summed E-state index contributed by atoms with van der Waals surface area (Å²) in [5.74, 6) is 0.802. The maximum Gasteiger partial charge on any atom is 0.230 e. The number of nitrogens with zero attached hydrogens (tertiary/aromatic N) is 3. The summed E-state index contributed by atoms with van der Waals surface area (Å²) in [4.78, 5) is 12.5. The van der Waals surface area contributed by atoms with Gasteiger partial charge in [-0.3, -0.25) is 9.36 Å². The van der Waals surface area contributed by atoms with E-state index in [-0.39, 0.29) is 11.7 Å². The number of nitrogens with one attached hydrogen (secondary N) is 1. The molecule has 1 heterocycles. The molecular formula is C25H22Cl2N4OS. The number of aryl methyl sites for hydroxylation is 2. The van der Waals surface area contributed by atoms with E-state index in [1.165, 1.54) is 11.8 Å². The van der Waals surface area contributed by atoms with Gasteiger partial charge in [-0.15, -0.1) is 10.2 Å². The third kappa shape index (κ3) is 5.77. The van der Waals surface area contributed by atoms with E-state index in [1.807, 2.05) is 66.9 Å². The monoisotopic (exact) mass is 496 g/mol. The molecule has 0 bridgehead atoms. The largest absolute Gasteiger partial charge is 0.351 e. The molecule has 0 aliphatic heterocycles. The van der Waals surface area contributed by atoms with Crippen LogP contribution in [0.5, 0.6) is 0 Å². The Balaban J connectivity index is 1.58. The molecule has 0 saturated heterocycles. The Morgan fingerprint density at radius 1 is 0.970 bits per heavy atom. The number of hydrogen-bond acceptors (Lipinski definition) is 4. The van der Waals surface area contributed by atoms with E-state index in [0.29, 0.717) is 27.6 Å². The highest BCUT2D eigenvalue weighted by Crippen LogP contribution is 2.31. The van der Waals surface area contributed by atoms with Crippen molar-refractivity contribution in [2.75, 3.05) is 5.75 Å². The van der Waals surface area contributed by atoms with Gasteiger partial charge in [0, 0.05) is 22.2 Å². The summed E-state index contributed by atoms with van der Waals surface area (Å²) in [5, 5.41) is 13.7. The predicted molar refractivity (Wildman–Crippen MR) is 135 cm³/mol. The van der Waals surface area contributed by atoms with Crippen LogP contribution in [-0.2, 0) is 11.3 Å². The van der Waals surface area contributed by atoms with Gasteiger partial charge in [-0.05, 0) is 60.9 Å². The second-order valence-electron chi connectivity index (χ2n) is 7.63. The van der Waals surface area contributed by atoms with E-state index in [1.54, 1.807) is 0 Å². The first-order valence-corrected chi connectivity index (χ1v) is 12.1. The quantitative estimate of drug-likeness (QED) is 0.306. The molecule has 0 unspecified atom stereocenters. The van der Waals surface area contributed by atoms with Crippen molar-refractivity contribution in [2.45, 2.75) is 25.5 Å². The molecule has 0 atom stereocenters. The minimum Gasteiger partial charge on any atom is -0.351 e. The van der Waals surface area contributed by atoms with Crippen LogP contribution in [0.15, 0.2) is 71.9 Å². The molecule has 1 aromatic heterocycles. The maximum atomic E-state index is 12.5. The van der Waals surface area contributed by atoms with Crippen LogP contribution in [0.2, 0.25) is 10.0 Å². The summed E-state index contributed by atoms with van der Waals surface area (Å²) in [6.07, 6.45) is 0. The van der Waals surface area contributed by atoms with E-state index in [2.05, 4.69) is 33.7 Å². The molecule has 0 fully saturated rings. The van der Waals surface area contributed by atoms with Crippen molar-refractivity contribution in [3.63, 3.8) is 0 Å². The van der Waals surface area contributed by atoms with Crippen LogP contribution in [0.25, 0.3) is 17.1 Å². The predicted octanol–water partition coefficient (Wildman–Crippen LogP) is 6.27. The number of benzene rings is 3. The molecule has 5 nitrogen and oxygen atoms in total. The molecule has 8 heteroatoms. The maximum absolute atomic E-state index is 12.5. The van der Waals surface area contributed by atoms with E-state index in [0.717, 1.165) is 27.9 Å². The van der Waals surface area contributed by atoms with Crippen LogP contribution < -0.4 is 5.32 Å². The smallest absolute Gasteiger partial charge is 0.230 e. The Hall–Kier alpha value is -2.80. The number of rotatable bonds is 7. The topological polar surface area (TPSA) is 59.8 Å². The minimum atomic E-state index is -0.0882. The molecule has 0 spiro atoms. The average molecular weight is 497 g/mol. The van der Waals surface area contributed by atoms with Gasteiger partial charge in [0.15, 0.2) is 11.0 Å². The third-order valence-electron chi connectivity index (χ3n) is 5.06. The zero-order chi connectivity index (χ0) is 23.4. The van der Waals surface area contributed by atoms with Crippen molar-refractivity contribution in [3.8, 4) is 17.1 Å². The number of carbonyl (C=O) groups is 1. The second kappa shape index (κ2) is 10.4. The molecular weight excluding hydrogens is 475 g/mol. The van der Waals surface area contributed by atoms with Crippen molar-refractivity contribution >= 4 is 40.9 Å². The first-order chi connectivity index (χ1) is 15.9. The fourth-order valence-electron chi connectivity index (χ4n) is 3.34. The Kier molecular flexibility index (Phi) is 7.38. The summed E-state index contributed by atoms with van der Waals surface area (Å²) in [6.45, 7) is 4.53. The lowest BCUT2D eigenvalue weighted by Gasteiger charge is -2.14. The fraction of sp³-hybridized carbons (Fsp3) is 0.160. The van der Waals surface area contributed by atoms with Crippen LogP contribution in [0.1, 0.15) is 16.7 Å². The van der Waals surface area contributed by atoms with Crippen molar-refractivity contribution < 1.29 is 4.79 Å². The molecule has 3 aromatic carbocycles. The Morgan fingerprint density at radius 2 is 1.76 bits per heavy atom. The lowest BCUT2D eigenvalue weighted by atomic mass is 10.1. The zero-order valence-electron chi connectivity index (χ0n) is 18.2. The first-order valence-electron chi connectivity index (χ1n) is 10.3. The van der Waals surface area contributed by atoms with Gasteiger partial charge < -0.3 is 5.32 Å². The Labute approximate surface area is 207 Å². The molecule has 4 rings (SSSR count). The van der Waals surface area contributed by atoms with Crippen molar-refractivity contribution in [1.29, 1.82) is 0 Å². The number of thioether (sulfide) groups is 1. The van der Waals surface area contributed by atoms with E-state index >= 15 is 0 Å². The van der Waals surface area contributed by atoms with Gasteiger partial charge in [0.05, 0.1) is 11.4 Å². The number of aromatic nitrogens is 3. The van der Waals surface area contributed by atoms with Crippen LogP contribution in [0.3, 0.4) is 0 Å². The molecule has 0 aliphatic rings. The number of halogens is 2. The Bertz CT molecular complexity index is 1290. The summed E-state index contributed by atoms with van der Waals surface area (Å²) in [5.41, 5.74) is 5.02. The molecule has 168 valence electrons. The van der Waals surface area contributed by atoms with Crippen LogP contribution in [0.4, 0.5) is 0 Å². The van der Waals surface area contributed by atoms with E-state index < -0.39 is 0 Å². The first kappa shape index (κ1) is 23.4. The van der Waals surface area contributed by atoms with Crippen molar-refractivity contribution in [3.05, 3.63) is 93.5 Å². The van der Waals surface area contributed by atoms with Crippen molar-refractivity contribution in [1.82, 2.24) is 20.1 Å². The Morgan fingerprint density at radius 3 is 2.52 bits per heavy atom. The molecule has 1 N–H and O–H groups in total. The van der Waals surface area contributed by atoms with Gasteiger partial charge in [-0.25, -0.2) is 0 Å². The average Bonchev–Trinajstić information content (AvgIpc) is 3.22. The number of hydrogen-bond donors (Lipinski definition) is 1. The lowest BCUT2D eigenvalue weighted by molar-refractivity contribution is -0.118. The SMILES string of the molecule is Cc1ccc(C)c(-n2c(SCC(=O)NCc3ccc(Cl)cc3)nnc2-c2cccc(Cl)c2)c1. The van der Waals surface area contributed by atoms with Crippen LogP contribution in [-0.4, -0.2) is 26.4 Å². The van der Waals surface area contributed by atoms with Crippen molar-refractivity contribution in [2.24, 2.45) is 0 Å². The lowest BCUT2D eigenvalue weighted by Crippen LogP contribution is -2.24. The third-order valence-corrected chi connectivity index (χ3v) is 6.47. The highest BCUT2D eigenvalue weighted by molar-refractivity contribution is 7.99. The summed E-state index contributed by atoms with van der Waals surface area (Å²) >= 11 is 13.5. The van der Waals surface area contributed by atoms with Gasteiger partial charge in [0.25, 0.3) is 0 Å². The summed E-state index contributed by atoms with van der Waals surface area (Å²) in [6, 6.07) is 21.2. The standard InChI is InChI=1S/C25H22Cl2N4OS/c1-16-6-7-17(2)22(12-16)31-24(19-4-3-5-21(27)13-19)29-30-25(31)33-15-23(32)28-14-18-8-10-20(26)11-9-18/h3-13H,14-15H2,1-2H3,(H,28,32). The van der Waals surface area contributed by atoms with Gasteiger partial charge in [0.2, 0.25) is 5.91 Å². The minimum absolute atomic E-state index is 0.0882. The van der Waals surface area contributed by atoms with Gasteiger partial charge >= 0.3 is 0 Å². The zero-order valence-corrected chi connectivity index (χ0v) is 20.5. The summed E-state index contributed by atoms with van der Waals surface area (Å²) in [7, 11) is 0. The molecule has 1 amide bonds. The molecule has 0 aliphatic carbocycles. The highest BCUT2D eigenvalue weighted by Gasteiger charge is 2.19. The fourth-order valence-corrected chi connectivity index (χ4v) is 4.43. The normalized spacial score (nSPS) is 10.9. The van der Waals surface area contributed by atoms with E-state index in [9.17, 15) is 4.79 Å². The molecule has 0 saturated carbocycles. The highest BCUT2D eigenvalue weighted by atomic mass is 35.5. The van der Waals surface area contributed by atoms with Crippen LogP contribution >= 0.6 is 35.0 Å². The second-order valence-corrected chi connectivity index (χ2v) is 9.45. The molecule has 33 heavy (non-hydrogen) atoms. The number of carbonyl (C=O) groups excluding carboxylic acids is 1. The molecule has 0 radical (unpaired) electrons. The molecule has 4 aromatic rings.